The number of rotatable bonds is 4. The van der Waals surface area contributed by atoms with Gasteiger partial charge in [0.05, 0.1) is 0 Å². The highest BCUT2D eigenvalue weighted by Crippen LogP contribution is 2.36. The second-order valence-electron chi connectivity index (χ2n) is 5.73. The van der Waals surface area contributed by atoms with Crippen molar-refractivity contribution in [1.29, 1.82) is 0 Å². The van der Waals surface area contributed by atoms with Crippen molar-refractivity contribution in [1.82, 2.24) is 4.90 Å². The van der Waals surface area contributed by atoms with E-state index in [0.717, 1.165) is 18.5 Å². The second-order valence-corrected chi connectivity index (χ2v) is 5.73. The molecule has 98 valence electrons. The van der Waals surface area contributed by atoms with Gasteiger partial charge in [-0.05, 0) is 50.3 Å². The average molecular weight is 244 g/mol. The molecule has 1 N–H and O–H groups in total. The van der Waals surface area contributed by atoms with Gasteiger partial charge < -0.3 is 5.32 Å². The first-order valence-corrected chi connectivity index (χ1v) is 7.46. The van der Waals surface area contributed by atoms with Crippen molar-refractivity contribution < 1.29 is 0 Å². The van der Waals surface area contributed by atoms with Gasteiger partial charge in [-0.2, -0.15) is 0 Å². The number of piperidine rings is 1. The zero-order chi connectivity index (χ0) is 12.2. The Bertz CT molecular complexity index is 363. The first kappa shape index (κ1) is 12.0. The molecule has 18 heavy (non-hydrogen) atoms. The second kappa shape index (κ2) is 5.75. The lowest BCUT2D eigenvalue weighted by atomic mass is 9.92. The van der Waals surface area contributed by atoms with Gasteiger partial charge in [0.25, 0.3) is 0 Å². The topological polar surface area (TPSA) is 15.3 Å². The van der Waals surface area contributed by atoms with Crippen molar-refractivity contribution in [3.63, 3.8) is 0 Å². The number of hydrogen-bond acceptors (Lipinski definition) is 2. The Hall–Kier alpha value is -1.02. The van der Waals surface area contributed by atoms with Gasteiger partial charge in [-0.15, -0.1) is 0 Å². The van der Waals surface area contributed by atoms with Crippen LogP contribution in [0, 0.1) is 5.92 Å². The van der Waals surface area contributed by atoms with Crippen LogP contribution in [0.2, 0.25) is 0 Å². The third-order valence-electron chi connectivity index (χ3n) is 4.61. The van der Waals surface area contributed by atoms with Crippen LogP contribution in [-0.2, 0) is 0 Å². The maximum atomic E-state index is 3.53. The third-order valence-corrected chi connectivity index (χ3v) is 4.61. The molecule has 2 unspecified atom stereocenters. The van der Waals surface area contributed by atoms with Crippen LogP contribution in [0.5, 0.6) is 0 Å². The van der Waals surface area contributed by atoms with Crippen LogP contribution in [-0.4, -0.2) is 30.6 Å². The van der Waals surface area contributed by atoms with E-state index in [1.165, 1.54) is 50.9 Å². The molecule has 2 heteroatoms. The fourth-order valence-corrected chi connectivity index (χ4v) is 3.73. The summed E-state index contributed by atoms with van der Waals surface area (Å²) in [7, 11) is 0. The van der Waals surface area contributed by atoms with E-state index in [9.17, 15) is 0 Å². The van der Waals surface area contributed by atoms with Crippen LogP contribution < -0.4 is 5.32 Å². The Kier molecular flexibility index (Phi) is 3.84. The van der Waals surface area contributed by atoms with Gasteiger partial charge >= 0.3 is 0 Å². The SMILES string of the molecule is c1ccc(NCCN2CCCC3CCCC32)cc1. The molecule has 1 heterocycles. The monoisotopic (exact) mass is 244 g/mol. The molecule has 3 rings (SSSR count). The molecule has 1 saturated heterocycles. The van der Waals surface area contributed by atoms with Crippen LogP contribution in [0.15, 0.2) is 30.3 Å². The highest BCUT2D eigenvalue weighted by molar-refractivity contribution is 5.42. The van der Waals surface area contributed by atoms with Crippen molar-refractivity contribution in [3.05, 3.63) is 30.3 Å². The predicted octanol–water partition coefficient (Wildman–Crippen LogP) is 3.36. The molecule has 2 nitrogen and oxygen atoms in total. The summed E-state index contributed by atoms with van der Waals surface area (Å²) in [5.41, 5.74) is 1.25. The molecule has 0 radical (unpaired) electrons. The van der Waals surface area contributed by atoms with E-state index in [2.05, 4.69) is 40.5 Å². The molecule has 2 fully saturated rings. The van der Waals surface area contributed by atoms with Gasteiger partial charge in [-0.3, -0.25) is 4.90 Å². The van der Waals surface area contributed by atoms with Gasteiger partial charge in [0.1, 0.15) is 0 Å². The normalized spacial score (nSPS) is 28.0. The number of para-hydroxylation sites is 1. The number of nitrogens with zero attached hydrogens (tertiary/aromatic N) is 1. The first-order valence-electron chi connectivity index (χ1n) is 7.46. The lowest BCUT2D eigenvalue weighted by molar-refractivity contribution is 0.118. The molecule has 1 aliphatic heterocycles. The molecule has 0 spiro atoms. The summed E-state index contributed by atoms with van der Waals surface area (Å²) in [6, 6.07) is 11.4. The van der Waals surface area contributed by atoms with Crippen LogP contribution >= 0.6 is 0 Å². The molecule has 0 aromatic heterocycles. The lowest BCUT2D eigenvalue weighted by Gasteiger charge is -2.37. The van der Waals surface area contributed by atoms with Crippen molar-refractivity contribution in [2.75, 3.05) is 25.0 Å². The number of nitrogens with one attached hydrogen (secondary N) is 1. The maximum absolute atomic E-state index is 3.53. The van der Waals surface area contributed by atoms with E-state index in [1.807, 2.05) is 0 Å². The van der Waals surface area contributed by atoms with Gasteiger partial charge in [0.2, 0.25) is 0 Å². The van der Waals surface area contributed by atoms with Crippen LogP contribution in [0.3, 0.4) is 0 Å². The van der Waals surface area contributed by atoms with Gasteiger partial charge in [0, 0.05) is 24.8 Å². The summed E-state index contributed by atoms with van der Waals surface area (Å²) in [5.74, 6) is 1.01. The van der Waals surface area contributed by atoms with E-state index in [-0.39, 0.29) is 0 Å². The standard InChI is InChI=1S/C16H24N2/c1-2-8-15(9-3-1)17-11-13-18-12-5-7-14-6-4-10-16(14)18/h1-3,8-9,14,16-17H,4-7,10-13H2. The fourth-order valence-electron chi connectivity index (χ4n) is 3.73. The highest BCUT2D eigenvalue weighted by atomic mass is 15.2. The van der Waals surface area contributed by atoms with E-state index in [1.54, 1.807) is 0 Å². The number of anilines is 1. The largest absolute Gasteiger partial charge is 0.384 e. The molecule has 0 bridgehead atoms. The molecule has 1 aromatic rings. The van der Waals surface area contributed by atoms with Crippen molar-refractivity contribution >= 4 is 5.69 Å². The summed E-state index contributed by atoms with van der Waals surface area (Å²) >= 11 is 0. The molecule has 1 saturated carbocycles. The summed E-state index contributed by atoms with van der Waals surface area (Å²) in [4.78, 5) is 2.73. The smallest absolute Gasteiger partial charge is 0.0340 e. The number of hydrogen-bond donors (Lipinski definition) is 1. The molecule has 2 aliphatic rings. The Morgan fingerprint density at radius 1 is 1.06 bits per heavy atom. The van der Waals surface area contributed by atoms with Crippen LogP contribution in [0.25, 0.3) is 0 Å². The van der Waals surface area contributed by atoms with Crippen molar-refractivity contribution in [2.45, 2.75) is 38.1 Å². The van der Waals surface area contributed by atoms with E-state index < -0.39 is 0 Å². The van der Waals surface area contributed by atoms with Crippen LogP contribution in [0.1, 0.15) is 32.1 Å². The van der Waals surface area contributed by atoms with Crippen molar-refractivity contribution in [3.8, 4) is 0 Å². The fraction of sp³-hybridized carbons (Fsp3) is 0.625. The Labute approximate surface area is 110 Å². The number of benzene rings is 1. The summed E-state index contributed by atoms with van der Waals surface area (Å²) in [5, 5.41) is 3.53. The predicted molar refractivity (Wildman–Crippen MR) is 76.9 cm³/mol. The van der Waals surface area contributed by atoms with E-state index in [0.29, 0.717) is 0 Å². The molecule has 1 aromatic carbocycles. The number of fused-ring (bicyclic) bond motifs is 1. The third kappa shape index (κ3) is 2.69. The highest BCUT2D eigenvalue weighted by Gasteiger charge is 2.34. The summed E-state index contributed by atoms with van der Waals surface area (Å²) in [6.07, 6.45) is 7.26. The zero-order valence-electron chi connectivity index (χ0n) is 11.1. The Morgan fingerprint density at radius 2 is 1.89 bits per heavy atom. The lowest BCUT2D eigenvalue weighted by Crippen LogP contribution is -2.44. The molecule has 2 atom stereocenters. The van der Waals surface area contributed by atoms with E-state index in [4.69, 9.17) is 0 Å². The minimum atomic E-state index is 0.899. The van der Waals surface area contributed by atoms with Gasteiger partial charge in [0.15, 0.2) is 0 Å². The van der Waals surface area contributed by atoms with E-state index >= 15 is 0 Å². The average Bonchev–Trinajstić information content (AvgIpc) is 2.89. The minimum Gasteiger partial charge on any atom is -0.384 e. The molecule has 1 aliphatic carbocycles. The Morgan fingerprint density at radius 3 is 2.78 bits per heavy atom. The van der Waals surface area contributed by atoms with Crippen molar-refractivity contribution in [2.24, 2.45) is 5.92 Å². The van der Waals surface area contributed by atoms with Crippen LogP contribution in [0.4, 0.5) is 5.69 Å². The van der Waals surface area contributed by atoms with Gasteiger partial charge in [-0.25, -0.2) is 0 Å². The molecular weight excluding hydrogens is 220 g/mol. The zero-order valence-corrected chi connectivity index (χ0v) is 11.1. The minimum absolute atomic E-state index is 0.899. The molecule has 0 amide bonds. The van der Waals surface area contributed by atoms with Gasteiger partial charge in [-0.1, -0.05) is 24.6 Å². The summed E-state index contributed by atoms with van der Waals surface area (Å²) < 4.78 is 0. The Balaban J connectivity index is 1.48. The molecular formula is C16H24N2. The first-order chi connectivity index (χ1) is 8.93. The maximum Gasteiger partial charge on any atom is 0.0340 e. The number of likely N-dealkylation sites (tertiary alicyclic amines) is 1. The quantitative estimate of drug-likeness (QED) is 0.873. The summed E-state index contributed by atoms with van der Waals surface area (Å²) in [6.45, 7) is 3.60.